The average Bonchev–Trinajstić information content (AvgIpc) is 3.01. The van der Waals surface area contributed by atoms with Crippen molar-refractivity contribution in [1.29, 1.82) is 0 Å². The number of benzene rings is 1. The fourth-order valence-electron chi connectivity index (χ4n) is 2.31. The SMILES string of the molecule is CCOC=Cc1ncnc2c1ccn2S(=O)(=O)c1ccc(C)cc1. The number of hydrogen-bond acceptors (Lipinski definition) is 5. The maximum atomic E-state index is 12.9. The number of hydrogen-bond donors (Lipinski definition) is 0. The van der Waals surface area contributed by atoms with Crippen LogP contribution in [0.3, 0.4) is 0 Å². The lowest BCUT2D eigenvalue weighted by molar-refractivity contribution is 0.272. The molecular formula is C17H17N3O3S. The minimum Gasteiger partial charge on any atom is -0.501 e. The smallest absolute Gasteiger partial charge is 0.269 e. The minimum atomic E-state index is -3.71. The summed E-state index contributed by atoms with van der Waals surface area (Å²) in [5, 5.41) is 0.643. The number of rotatable bonds is 5. The highest BCUT2D eigenvalue weighted by atomic mass is 32.2. The van der Waals surface area contributed by atoms with Crippen molar-refractivity contribution in [2.75, 3.05) is 6.61 Å². The molecule has 0 radical (unpaired) electrons. The molecule has 0 bridgehead atoms. The van der Waals surface area contributed by atoms with Gasteiger partial charge in [-0.25, -0.2) is 22.4 Å². The predicted molar refractivity (Wildman–Crippen MR) is 92.0 cm³/mol. The van der Waals surface area contributed by atoms with Gasteiger partial charge in [0.15, 0.2) is 5.65 Å². The van der Waals surface area contributed by atoms with Crippen molar-refractivity contribution < 1.29 is 13.2 Å². The van der Waals surface area contributed by atoms with Crippen LogP contribution in [-0.2, 0) is 14.8 Å². The Morgan fingerprint density at radius 2 is 1.92 bits per heavy atom. The molecule has 0 aliphatic carbocycles. The summed E-state index contributed by atoms with van der Waals surface area (Å²) in [7, 11) is -3.71. The Balaban J connectivity index is 2.11. The Labute approximate surface area is 140 Å². The van der Waals surface area contributed by atoms with Gasteiger partial charge < -0.3 is 4.74 Å². The molecule has 124 valence electrons. The van der Waals surface area contributed by atoms with Gasteiger partial charge in [-0.1, -0.05) is 17.7 Å². The summed E-state index contributed by atoms with van der Waals surface area (Å²) in [6.45, 7) is 4.34. The van der Waals surface area contributed by atoms with Crippen LogP contribution < -0.4 is 0 Å². The van der Waals surface area contributed by atoms with Crippen molar-refractivity contribution in [3.63, 3.8) is 0 Å². The fraction of sp³-hybridized carbons (Fsp3) is 0.176. The maximum absolute atomic E-state index is 12.9. The van der Waals surface area contributed by atoms with Gasteiger partial charge in [0.1, 0.15) is 6.33 Å². The Morgan fingerprint density at radius 1 is 1.17 bits per heavy atom. The van der Waals surface area contributed by atoms with Crippen LogP contribution in [0.1, 0.15) is 18.2 Å². The maximum Gasteiger partial charge on any atom is 0.269 e. The van der Waals surface area contributed by atoms with Gasteiger partial charge in [0.2, 0.25) is 0 Å². The molecule has 0 fully saturated rings. The van der Waals surface area contributed by atoms with Crippen LogP contribution in [0.4, 0.5) is 0 Å². The van der Waals surface area contributed by atoms with Crippen LogP contribution in [-0.4, -0.2) is 29.0 Å². The van der Waals surface area contributed by atoms with Crippen molar-refractivity contribution in [2.24, 2.45) is 0 Å². The molecule has 24 heavy (non-hydrogen) atoms. The van der Waals surface area contributed by atoms with Crippen LogP contribution in [0, 0.1) is 6.92 Å². The molecule has 0 atom stereocenters. The Bertz CT molecular complexity index is 990. The molecule has 3 rings (SSSR count). The molecule has 0 N–H and O–H groups in total. The van der Waals surface area contributed by atoms with Gasteiger partial charge in [0.25, 0.3) is 10.0 Å². The van der Waals surface area contributed by atoms with E-state index in [9.17, 15) is 8.42 Å². The molecule has 0 saturated heterocycles. The molecule has 7 heteroatoms. The second kappa shape index (κ2) is 6.45. The van der Waals surface area contributed by atoms with E-state index in [1.165, 1.54) is 22.8 Å². The van der Waals surface area contributed by atoms with Crippen LogP contribution >= 0.6 is 0 Å². The predicted octanol–water partition coefficient (Wildman–Crippen LogP) is 2.98. The van der Waals surface area contributed by atoms with E-state index < -0.39 is 10.0 Å². The van der Waals surface area contributed by atoms with Gasteiger partial charge in [-0.15, -0.1) is 0 Å². The normalized spacial score (nSPS) is 12.1. The first-order valence-electron chi connectivity index (χ1n) is 7.46. The summed E-state index contributed by atoms with van der Waals surface area (Å²) in [5.41, 5.74) is 1.94. The highest BCUT2D eigenvalue weighted by Gasteiger charge is 2.20. The summed E-state index contributed by atoms with van der Waals surface area (Å²) in [4.78, 5) is 8.53. The third-order valence-electron chi connectivity index (χ3n) is 3.55. The molecule has 2 aromatic heterocycles. The lowest BCUT2D eigenvalue weighted by atomic mass is 10.2. The van der Waals surface area contributed by atoms with Gasteiger partial charge in [0, 0.05) is 11.6 Å². The summed E-state index contributed by atoms with van der Waals surface area (Å²) in [5.74, 6) is 0. The molecule has 0 spiro atoms. The zero-order valence-corrected chi connectivity index (χ0v) is 14.2. The molecule has 1 aromatic carbocycles. The van der Waals surface area contributed by atoms with E-state index in [0.717, 1.165) is 5.56 Å². The standard InChI is InChI=1S/C17H17N3O3S/c1-3-23-11-9-16-15-8-10-20(17(15)19-12-18-16)24(21,22)14-6-4-13(2)5-7-14/h4-12H,3H2,1-2H3. The molecule has 0 aliphatic rings. The highest BCUT2D eigenvalue weighted by Crippen LogP contribution is 2.23. The number of fused-ring (bicyclic) bond motifs is 1. The lowest BCUT2D eigenvalue weighted by Gasteiger charge is -2.07. The Kier molecular flexibility index (Phi) is 4.35. The van der Waals surface area contributed by atoms with Gasteiger partial charge in [-0.05, 0) is 38.1 Å². The van der Waals surface area contributed by atoms with Crippen LogP contribution in [0.25, 0.3) is 17.1 Å². The number of aromatic nitrogens is 3. The largest absolute Gasteiger partial charge is 0.501 e. The Hall–Kier alpha value is -2.67. The average molecular weight is 343 g/mol. The molecule has 0 aliphatic heterocycles. The summed E-state index contributed by atoms with van der Waals surface area (Å²) in [6.07, 6.45) is 6.06. The molecule has 6 nitrogen and oxygen atoms in total. The van der Waals surface area contributed by atoms with Crippen molar-refractivity contribution in [3.05, 3.63) is 60.4 Å². The van der Waals surface area contributed by atoms with E-state index in [-0.39, 0.29) is 4.90 Å². The van der Waals surface area contributed by atoms with Gasteiger partial charge in [-0.2, -0.15) is 0 Å². The van der Waals surface area contributed by atoms with E-state index in [1.54, 1.807) is 36.4 Å². The molecule has 0 unspecified atom stereocenters. The third-order valence-corrected chi connectivity index (χ3v) is 5.23. The van der Waals surface area contributed by atoms with Crippen molar-refractivity contribution >= 4 is 27.1 Å². The quantitative estimate of drug-likeness (QED) is 0.666. The molecular weight excluding hydrogens is 326 g/mol. The summed E-state index contributed by atoms with van der Waals surface area (Å²) < 4.78 is 32.1. The zero-order chi connectivity index (χ0) is 17.2. The first-order valence-corrected chi connectivity index (χ1v) is 8.90. The molecule has 3 aromatic rings. The Morgan fingerprint density at radius 3 is 2.62 bits per heavy atom. The molecule has 2 heterocycles. The van der Waals surface area contributed by atoms with Gasteiger partial charge in [0.05, 0.1) is 23.5 Å². The van der Waals surface area contributed by atoms with E-state index in [2.05, 4.69) is 9.97 Å². The van der Waals surface area contributed by atoms with Crippen molar-refractivity contribution in [2.45, 2.75) is 18.7 Å². The van der Waals surface area contributed by atoms with Crippen molar-refractivity contribution in [3.8, 4) is 0 Å². The first-order chi connectivity index (χ1) is 11.5. The minimum absolute atomic E-state index is 0.218. The van der Waals surface area contributed by atoms with Crippen LogP contribution in [0.5, 0.6) is 0 Å². The highest BCUT2D eigenvalue weighted by molar-refractivity contribution is 7.90. The number of aryl methyl sites for hydroxylation is 1. The van der Waals surface area contributed by atoms with Crippen LogP contribution in [0.15, 0.2) is 54.0 Å². The summed E-state index contributed by atoms with van der Waals surface area (Å²) >= 11 is 0. The number of ether oxygens (including phenoxy) is 1. The zero-order valence-electron chi connectivity index (χ0n) is 13.4. The number of nitrogens with zero attached hydrogens (tertiary/aromatic N) is 3. The monoisotopic (exact) mass is 343 g/mol. The fourth-order valence-corrected chi connectivity index (χ4v) is 3.61. The second-order valence-corrected chi connectivity index (χ2v) is 7.00. The summed E-state index contributed by atoms with van der Waals surface area (Å²) in [6, 6.07) is 8.40. The van der Waals surface area contributed by atoms with Gasteiger partial charge in [-0.3, -0.25) is 0 Å². The van der Waals surface area contributed by atoms with Crippen LogP contribution in [0.2, 0.25) is 0 Å². The molecule has 0 amide bonds. The third kappa shape index (κ3) is 2.90. The lowest BCUT2D eigenvalue weighted by Crippen LogP contribution is -2.12. The van der Waals surface area contributed by atoms with E-state index in [1.807, 2.05) is 13.8 Å². The van der Waals surface area contributed by atoms with E-state index >= 15 is 0 Å². The topological polar surface area (TPSA) is 74.1 Å². The second-order valence-electron chi connectivity index (χ2n) is 5.18. The van der Waals surface area contributed by atoms with E-state index in [4.69, 9.17) is 4.74 Å². The van der Waals surface area contributed by atoms with Crippen molar-refractivity contribution in [1.82, 2.24) is 13.9 Å². The van der Waals surface area contributed by atoms with Gasteiger partial charge >= 0.3 is 0 Å². The molecule has 0 saturated carbocycles. The first kappa shape index (κ1) is 16.2. The van der Waals surface area contributed by atoms with E-state index in [0.29, 0.717) is 23.3 Å².